The molecular formula is C15H17N5O4. The average molecular weight is 331 g/mol. The molecule has 0 amide bonds. The molecule has 1 aromatic carbocycles. The summed E-state index contributed by atoms with van der Waals surface area (Å²) in [6.45, 7) is -0.332. The van der Waals surface area contributed by atoms with Gasteiger partial charge in [-0.2, -0.15) is 4.52 Å². The van der Waals surface area contributed by atoms with Gasteiger partial charge in [0.05, 0.1) is 25.1 Å². The van der Waals surface area contributed by atoms with E-state index in [4.69, 9.17) is 19.9 Å². The van der Waals surface area contributed by atoms with Crippen LogP contribution in [0.1, 0.15) is 0 Å². The normalized spacial score (nSPS) is 11.1. The molecule has 3 aromatic rings. The van der Waals surface area contributed by atoms with Crippen molar-refractivity contribution in [1.82, 2.24) is 19.8 Å². The molecule has 0 aliphatic heterocycles. The molecule has 0 fully saturated rings. The number of aliphatic hydroxyl groups excluding tert-OH is 2. The Morgan fingerprint density at radius 2 is 1.75 bits per heavy atom. The molecule has 9 heteroatoms. The van der Waals surface area contributed by atoms with Crippen LogP contribution in [-0.4, -0.2) is 56.5 Å². The molecule has 0 saturated heterocycles. The highest BCUT2D eigenvalue weighted by atomic mass is 17.0. The van der Waals surface area contributed by atoms with Gasteiger partial charge in [-0.05, 0) is 0 Å². The number of benzene rings is 1. The summed E-state index contributed by atoms with van der Waals surface area (Å²) in [4.78, 5) is 15.3. The van der Waals surface area contributed by atoms with Crippen LogP contribution in [0.25, 0.3) is 16.9 Å². The van der Waals surface area contributed by atoms with E-state index in [-0.39, 0.29) is 26.4 Å². The maximum Gasteiger partial charge on any atom is 0.190 e. The van der Waals surface area contributed by atoms with E-state index >= 15 is 0 Å². The predicted molar refractivity (Wildman–Crippen MR) is 84.8 cm³/mol. The number of hydrogen-bond acceptors (Lipinski definition) is 8. The van der Waals surface area contributed by atoms with E-state index < -0.39 is 0 Å². The van der Waals surface area contributed by atoms with E-state index in [1.54, 1.807) is 6.07 Å². The zero-order chi connectivity index (χ0) is 16.8. The molecule has 0 unspecified atom stereocenters. The van der Waals surface area contributed by atoms with Crippen LogP contribution < -0.4 is 5.23 Å². The van der Waals surface area contributed by atoms with Crippen LogP contribution in [0.2, 0.25) is 0 Å². The fourth-order valence-electron chi connectivity index (χ4n) is 2.11. The first-order chi connectivity index (χ1) is 11.8. The van der Waals surface area contributed by atoms with Crippen molar-refractivity contribution in [3.05, 3.63) is 42.6 Å². The van der Waals surface area contributed by atoms with Gasteiger partial charge < -0.3 is 10.2 Å². The van der Waals surface area contributed by atoms with Crippen molar-refractivity contribution in [2.24, 2.45) is 0 Å². The predicted octanol–water partition coefficient (Wildman–Crippen LogP) is 0.445. The summed E-state index contributed by atoms with van der Waals surface area (Å²) in [5.74, 6) is 0.415. The lowest BCUT2D eigenvalue weighted by Gasteiger charge is -2.22. The van der Waals surface area contributed by atoms with Crippen molar-refractivity contribution in [1.29, 1.82) is 0 Å². The van der Waals surface area contributed by atoms with Gasteiger partial charge in [0, 0.05) is 11.6 Å². The molecule has 0 spiro atoms. The third kappa shape index (κ3) is 3.49. The van der Waals surface area contributed by atoms with Crippen LogP contribution in [0.4, 0.5) is 5.82 Å². The molecule has 126 valence electrons. The maximum absolute atomic E-state index is 8.99. The van der Waals surface area contributed by atoms with Crippen LogP contribution >= 0.6 is 0 Å². The first-order valence-electron chi connectivity index (χ1n) is 7.38. The van der Waals surface area contributed by atoms with E-state index in [2.05, 4.69) is 15.3 Å². The van der Waals surface area contributed by atoms with E-state index in [0.29, 0.717) is 17.2 Å². The van der Waals surface area contributed by atoms with Crippen molar-refractivity contribution in [2.45, 2.75) is 0 Å². The van der Waals surface area contributed by atoms with Crippen LogP contribution in [-0.2, 0) is 9.68 Å². The molecule has 24 heavy (non-hydrogen) atoms. The topological polar surface area (TPSA) is 105 Å². The molecule has 0 bridgehead atoms. The molecule has 9 nitrogen and oxygen atoms in total. The second kappa shape index (κ2) is 7.79. The Labute approximate surface area is 137 Å². The Hall–Kier alpha value is -2.59. The van der Waals surface area contributed by atoms with Crippen LogP contribution in [0, 0.1) is 0 Å². The van der Waals surface area contributed by atoms with Gasteiger partial charge >= 0.3 is 0 Å². The lowest BCUT2D eigenvalue weighted by Crippen LogP contribution is -2.29. The van der Waals surface area contributed by atoms with Crippen molar-refractivity contribution >= 4 is 11.5 Å². The second-order valence-corrected chi connectivity index (χ2v) is 4.74. The minimum absolute atomic E-state index is 0.0185. The van der Waals surface area contributed by atoms with Gasteiger partial charge in [-0.15, -0.1) is 10.3 Å². The Morgan fingerprint density at radius 1 is 1.04 bits per heavy atom. The smallest absolute Gasteiger partial charge is 0.190 e. The molecule has 2 N–H and O–H groups in total. The van der Waals surface area contributed by atoms with E-state index in [0.717, 1.165) is 10.8 Å². The number of rotatable bonds is 8. The number of nitrogens with zero attached hydrogens (tertiary/aromatic N) is 5. The number of aliphatic hydroxyl groups is 2. The first kappa shape index (κ1) is 16.3. The third-order valence-corrected chi connectivity index (χ3v) is 3.11. The van der Waals surface area contributed by atoms with Gasteiger partial charge in [-0.1, -0.05) is 35.5 Å². The van der Waals surface area contributed by atoms with Crippen LogP contribution in [0.3, 0.4) is 0 Å². The molecule has 0 atom stereocenters. The van der Waals surface area contributed by atoms with Crippen LogP contribution in [0.5, 0.6) is 0 Å². The highest BCUT2D eigenvalue weighted by Crippen LogP contribution is 2.24. The fourth-order valence-corrected chi connectivity index (χ4v) is 2.11. The maximum atomic E-state index is 8.99. The molecule has 2 aromatic heterocycles. The second-order valence-electron chi connectivity index (χ2n) is 4.74. The third-order valence-electron chi connectivity index (χ3n) is 3.11. The van der Waals surface area contributed by atoms with Gasteiger partial charge in [0.2, 0.25) is 0 Å². The summed E-state index contributed by atoms with van der Waals surface area (Å²) in [6, 6.07) is 11.3. The van der Waals surface area contributed by atoms with Gasteiger partial charge in [0.15, 0.2) is 11.5 Å². The summed E-state index contributed by atoms with van der Waals surface area (Å²) < 4.78 is 1.45. The average Bonchev–Trinajstić information content (AvgIpc) is 3.11. The fraction of sp³-hybridized carbons (Fsp3) is 0.267. The zero-order valence-corrected chi connectivity index (χ0v) is 12.8. The van der Waals surface area contributed by atoms with E-state index in [1.807, 2.05) is 30.3 Å². The van der Waals surface area contributed by atoms with E-state index in [9.17, 15) is 0 Å². The Bertz CT molecular complexity index is 772. The summed E-state index contributed by atoms with van der Waals surface area (Å²) in [7, 11) is 0. The molecule has 0 radical (unpaired) electrons. The molecular weight excluding hydrogens is 314 g/mol. The largest absolute Gasteiger partial charge is 0.394 e. The van der Waals surface area contributed by atoms with Gasteiger partial charge in [-0.25, -0.2) is 14.7 Å². The summed E-state index contributed by atoms with van der Waals surface area (Å²) in [5.41, 5.74) is 2.11. The van der Waals surface area contributed by atoms with Gasteiger partial charge in [-0.3, -0.25) is 0 Å². The molecule has 3 rings (SSSR count). The lowest BCUT2D eigenvalue weighted by molar-refractivity contribution is -0.105. The molecule has 0 aliphatic carbocycles. The van der Waals surface area contributed by atoms with Crippen LogP contribution in [0.15, 0.2) is 42.6 Å². The van der Waals surface area contributed by atoms with Gasteiger partial charge in [0.25, 0.3) is 0 Å². The lowest BCUT2D eigenvalue weighted by atomic mass is 10.1. The van der Waals surface area contributed by atoms with Crippen molar-refractivity contribution < 1.29 is 19.9 Å². The van der Waals surface area contributed by atoms with Crippen molar-refractivity contribution in [2.75, 3.05) is 31.7 Å². The standard InChI is InChI=1S/C15H17N5O4/c21-6-8-23-20(24-9-7-22)15-10-13(12-4-2-1-3-5-12)17-14-11-16-18-19(14)15/h1-5,10-11,21-22H,6-9H2. The number of fused-ring (bicyclic) bond motifs is 1. The SMILES string of the molecule is OCCON(OCCO)c1cc(-c2ccccc2)nc2cnnn12. The first-order valence-corrected chi connectivity index (χ1v) is 7.38. The summed E-state index contributed by atoms with van der Waals surface area (Å²) in [5, 5.41) is 26.9. The summed E-state index contributed by atoms with van der Waals surface area (Å²) >= 11 is 0. The molecule has 2 heterocycles. The highest BCUT2D eigenvalue weighted by molar-refractivity contribution is 5.65. The quantitative estimate of drug-likeness (QED) is 0.573. The number of hydrogen-bond donors (Lipinski definition) is 2. The zero-order valence-electron chi connectivity index (χ0n) is 12.8. The van der Waals surface area contributed by atoms with E-state index in [1.165, 1.54) is 10.7 Å². The molecule has 0 aliphatic rings. The summed E-state index contributed by atoms with van der Waals surface area (Å²) in [6.07, 6.45) is 1.52. The minimum atomic E-state index is -0.184. The van der Waals surface area contributed by atoms with Gasteiger partial charge in [0.1, 0.15) is 13.2 Å². The number of anilines is 1. The molecule has 0 saturated carbocycles. The number of aromatic nitrogens is 4. The Kier molecular flexibility index (Phi) is 5.29. The van der Waals surface area contributed by atoms with Crippen molar-refractivity contribution in [3.63, 3.8) is 0 Å². The Morgan fingerprint density at radius 3 is 2.42 bits per heavy atom. The minimum Gasteiger partial charge on any atom is -0.394 e. The Balaban J connectivity index is 2.05. The monoisotopic (exact) mass is 331 g/mol. The van der Waals surface area contributed by atoms with Crippen molar-refractivity contribution in [3.8, 4) is 11.3 Å². The highest BCUT2D eigenvalue weighted by Gasteiger charge is 2.17.